The van der Waals surface area contributed by atoms with Crippen molar-refractivity contribution in [3.05, 3.63) is 53.1 Å². The quantitative estimate of drug-likeness (QED) is 0.779. The molecule has 19 heavy (non-hydrogen) atoms. The number of halogens is 1. The number of carboxylic acid groups (broad SMARTS) is 1. The molecule has 0 saturated carbocycles. The van der Waals surface area contributed by atoms with Crippen LogP contribution in [0.4, 0.5) is 0 Å². The maximum Gasteiger partial charge on any atom is 0.335 e. The van der Waals surface area contributed by atoms with E-state index in [0.717, 1.165) is 5.69 Å². The Labute approximate surface area is 113 Å². The van der Waals surface area contributed by atoms with E-state index in [2.05, 4.69) is 10.3 Å². The third-order valence-electron chi connectivity index (χ3n) is 2.75. The molecule has 0 fully saturated rings. The lowest BCUT2D eigenvalue weighted by molar-refractivity contribution is 0.0697. The van der Waals surface area contributed by atoms with Crippen LogP contribution in [-0.2, 0) is 0 Å². The van der Waals surface area contributed by atoms with Gasteiger partial charge in [0.2, 0.25) is 0 Å². The SMILES string of the molecule is O=C(O)c1ccc2nnn(-c3cccc(Cl)c3)c2c1. The average Bonchev–Trinajstić information content (AvgIpc) is 2.81. The molecule has 0 aliphatic carbocycles. The topological polar surface area (TPSA) is 68.0 Å². The monoisotopic (exact) mass is 273 g/mol. The summed E-state index contributed by atoms with van der Waals surface area (Å²) in [6.07, 6.45) is 0. The van der Waals surface area contributed by atoms with E-state index >= 15 is 0 Å². The molecule has 0 aliphatic heterocycles. The molecule has 1 N–H and O–H groups in total. The van der Waals surface area contributed by atoms with Gasteiger partial charge in [0.25, 0.3) is 0 Å². The van der Waals surface area contributed by atoms with Gasteiger partial charge in [0.15, 0.2) is 0 Å². The molecule has 0 bridgehead atoms. The van der Waals surface area contributed by atoms with Gasteiger partial charge in [0, 0.05) is 5.02 Å². The molecule has 0 saturated heterocycles. The van der Waals surface area contributed by atoms with Crippen molar-refractivity contribution in [3.8, 4) is 5.69 Å². The van der Waals surface area contributed by atoms with Crippen molar-refractivity contribution in [2.75, 3.05) is 0 Å². The molecule has 3 rings (SSSR count). The van der Waals surface area contributed by atoms with Gasteiger partial charge >= 0.3 is 5.97 Å². The Balaban J connectivity index is 2.24. The second-order valence-electron chi connectivity index (χ2n) is 3.99. The minimum atomic E-state index is -0.985. The van der Waals surface area contributed by atoms with Crippen molar-refractivity contribution in [1.82, 2.24) is 15.0 Å². The first-order chi connectivity index (χ1) is 9.15. The third kappa shape index (κ3) is 2.04. The summed E-state index contributed by atoms with van der Waals surface area (Å²) in [6, 6.07) is 11.8. The second kappa shape index (κ2) is 4.37. The number of carbonyl (C=O) groups is 1. The smallest absolute Gasteiger partial charge is 0.335 e. The standard InChI is InChI=1S/C13H8ClN3O2/c14-9-2-1-3-10(7-9)17-12-6-8(13(18)19)4-5-11(12)15-16-17/h1-7H,(H,18,19). The number of aromatic carboxylic acids is 1. The highest BCUT2D eigenvalue weighted by Crippen LogP contribution is 2.20. The van der Waals surface area contributed by atoms with Crippen LogP contribution < -0.4 is 0 Å². The lowest BCUT2D eigenvalue weighted by Gasteiger charge is -2.03. The van der Waals surface area contributed by atoms with Crippen LogP contribution in [0.1, 0.15) is 10.4 Å². The first-order valence-corrected chi connectivity index (χ1v) is 5.87. The fourth-order valence-electron chi connectivity index (χ4n) is 1.85. The molecule has 0 unspecified atom stereocenters. The van der Waals surface area contributed by atoms with Crippen LogP contribution in [0.15, 0.2) is 42.5 Å². The maximum absolute atomic E-state index is 11.0. The summed E-state index contributed by atoms with van der Waals surface area (Å²) >= 11 is 5.94. The van der Waals surface area contributed by atoms with Crippen LogP contribution in [0.2, 0.25) is 5.02 Å². The number of benzene rings is 2. The number of carboxylic acids is 1. The molecule has 0 atom stereocenters. The van der Waals surface area contributed by atoms with Crippen LogP contribution >= 0.6 is 11.6 Å². The lowest BCUT2D eigenvalue weighted by Crippen LogP contribution is -1.99. The molecule has 2 aromatic carbocycles. The average molecular weight is 274 g/mol. The molecule has 3 aromatic rings. The predicted molar refractivity (Wildman–Crippen MR) is 70.8 cm³/mol. The van der Waals surface area contributed by atoms with E-state index in [0.29, 0.717) is 16.1 Å². The maximum atomic E-state index is 11.0. The number of fused-ring (bicyclic) bond motifs is 1. The molecule has 6 heteroatoms. The molecular formula is C13H8ClN3O2. The normalized spacial score (nSPS) is 10.8. The number of nitrogens with zero attached hydrogens (tertiary/aromatic N) is 3. The van der Waals surface area contributed by atoms with Crippen LogP contribution in [0.5, 0.6) is 0 Å². The Morgan fingerprint density at radius 1 is 1.21 bits per heavy atom. The van der Waals surface area contributed by atoms with Crippen molar-refractivity contribution in [2.45, 2.75) is 0 Å². The lowest BCUT2D eigenvalue weighted by atomic mass is 10.2. The van der Waals surface area contributed by atoms with Gasteiger partial charge in [-0.3, -0.25) is 0 Å². The van der Waals surface area contributed by atoms with Crippen molar-refractivity contribution in [2.24, 2.45) is 0 Å². The van der Waals surface area contributed by atoms with Gasteiger partial charge in [-0.25, -0.2) is 9.48 Å². The van der Waals surface area contributed by atoms with Crippen LogP contribution in [-0.4, -0.2) is 26.1 Å². The van der Waals surface area contributed by atoms with E-state index in [1.165, 1.54) is 6.07 Å². The summed E-state index contributed by atoms with van der Waals surface area (Å²) in [5, 5.41) is 17.6. The van der Waals surface area contributed by atoms with Gasteiger partial charge in [0.1, 0.15) is 5.52 Å². The molecule has 5 nitrogen and oxygen atoms in total. The molecule has 0 aliphatic rings. The Bertz CT molecular complexity index is 782. The highest BCUT2D eigenvalue weighted by atomic mass is 35.5. The van der Waals surface area contributed by atoms with Gasteiger partial charge < -0.3 is 5.11 Å². The largest absolute Gasteiger partial charge is 0.478 e. The molecule has 0 amide bonds. The molecule has 94 valence electrons. The van der Waals surface area contributed by atoms with E-state index in [1.807, 2.05) is 6.07 Å². The third-order valence-corrected chi connectivity index (χ3v) is 2.98. The Morgan fingerprint density at radius 3 is 2.79 bits per heavy atom. The van der Waals surface area contributed by atoms with Crippen molar-refractivity contribution in [1.29, 1.82) is 0 Å². The summed E-state index contributed by atoms with van der Waals surface area (Å²) < 4.78 is 1.56. The van der Waals surface area contributed by atoms with Crippen LogP contribution in [0.25, 0.3) is 16.7 Å². The van der Waals surface area contributed by atoms with Crippen molar-refractivity contribution < 1.29 is 9.90 Å². The summed E-state index contributed by atoms with van der Waals surface area (Å²) in [5.41, 5.74) is 2.18. The first-order valence-electron chi connectivity index (χ1n) is 5.50. The summed E-state index contributed by atoms with van der Waals surface area (Å²) in [7, 11) is 0. The number of hydrogen-bond donors (Lipinski definition) is 1. The first kappa shape index (κ1) is 11.7. The summed E-state index contributed by atoms with van der Waals surface area (Å²) in [6.45, 7) is 0. The Kier molecular flexibility index (Phi) is 2.68. The van der Waals surface area contributed by atoms with Gasteiger partial charge in [-0.2, -0.15) is 0 Å². The molecule has 1 aromatic heterocycles. The fraction of sp³-hybridized carbons (Fsp3) is 0. The number of rotatable bonds is 2. The summed E-state index contributed by atoms with van der Waals surface area (Å²) in [4.78, 5) is 11.0. The van der Waals surface area contributed by atoms with Gasteiger partial charge in [-0.05, 0) is 36.4 Å². The minimum absolute atomic E-state index is 0.193. The molecule has 1 heterocycles. The minimum Gasteiger partial charge on any atom is -0.478 e. The molecule has 0 spiro atoms. The zero-order chi connectivity index (χ0) is 13.4. The van der Waals surface area contributed by atoms with E-state index in [-0.39, 0.29) is 5.56 Å². The molecule has 0 radical (unpaired) electrons. The van der Waals surface area contributed by atoms with E-state index in [4.69, 9.17) is 16.7 Å². The van der Waals surface area contributed by atoms with Crippen molar-refractivity contribution in [3.63, 3.8) is 0 Å². The zero-order valence-electron chi connectivity index (χ0n) is 9.62. The van der Waals surface area contributed by atoms with E-state index in [9.17, 15) is 4.79 Å². The second-order valence-corrected chi connectivity index (χ2v) is 4.43. The summed E-state index contributed by atoms with van der Waals surface area (Å²) in [5.74, 6) is -0.985. The highest BCUT2D eigenvalue weighted by Gasteiger charge is 2.10. The van der Waals surface area contributed by atoms with Crippen LogP contribution in [0.3, 0.4) is 0 Å². The fourth-order valence-corrected chi connectivity index (χ4v) is 2.03. The van der Waals surface area contributed by atoms with Gasteiger partial charge in [-0.15, -0.1) is 5.10 Å². The zero-order valence-corrected chi connectivity index (χ0v) is 10.4. The van der Waals surface area contributed by atoms with E-state index in [1.54, 1.807) is 35.0 Å². The van der Waals surface area contributed by atoms with Crippen LogP contribution in [0, 0.1) is 0 Å². The highest BCUT2D eigenvalue weighted by molar-refractivity contribution is 6.30. The Morgan fingerprint density at radius 2 is 2.05 bits per heavy atom. The van der Waals surface area contributed by atoms with E-state index < -0.39 is 5.97 Å². The number of hydrogen-bond acceptors (Lipinski definition) is 3. The van der Waals surface area contributed by atoms with Gasteiger partial charge in [0.05, 0.1) is 16.8 Å². The predicted octanol–water partition coefficient (Wildman–Crippen LogP) is 2.77. The van der Waals surface area contributed by atoms with Gasteiger partial charge in [-0.1, -0.05) is 22.9 Å². The Hall–Kier alpha value is -2.40. The molecular weight excluding hydrogens is 266 g/mol. The van der Waals surface area contributed by atoms with Crippen molar-refractivity contribution >= 4 is 28.6 Å². The number of aromatic nitrogens is 3.